The lowest BCUT2D eigenvalue weighted by atomic mass is 10.2. The molecule has 0 spiro atoms. The third kappa shape index (κ3) is 1.65. The lowest BCUT2D eigenvalue weighted by Gasteiger charge is -1.98. The van der Waals surface area contributed by atoms with Gasteiger partial charge in [-0.1, -0.05) is 15.9 Å². The quantitative estimate of drug-likeness (QED) is 0.683. The van der Waals surface area contributed by atoms with Gasteiger partial charge in [0, 0.05) is 10.5 Å². The summed E-state index contributed by atoms with van der Waals surface area (Å²) in [6.45, 7) is 0. The fourth-order valence-electron chi connectivity index (χ4n) is 1.12. The van der Waals surface area contributed by atoms with Gasteiger partial charge in [-0.2, -0.15) is 0 Å². The standard InChI is InChI=1S/C9H4BrIO2/c10-5-3-6-8(12)1-2-13-9(6)7(11)4-5/h1-4H. The lowest BCUT2D eigenvalue weighted by Crippen LogP contribution is -1.98. The summed E-state index contributed by atoms with van der Waals surface area (Å²) in [5.41, 5.74) is 0.636. The fraction of sp³-hybridized carbons (Fsp3) is 0. The highest BCUT2D eigenvalue weighted by molar-refractivity contribution is 14.1. The topological polar surface area (TPSA) is 30.2 Å². The number of halogens is 2. The normalized spacial score (nSPS) is 10.6. The van der Waals surface area contributed by atoms with Gasteiger partial charge < -0.3 is 4.42 Å². The molecule has 0 N–H and O–H groups in total. The minimum absolute atomic E-state index is 0.0135. The zero-order valence-corrected chi connectivity index (χ0v) is 10.1. The number of rotatable bonds is 0. The van der Waals surface area contributed by atoms with Crippen LogP contribution in [0.15, 0.2) is 38.1 Å². The van der Waals surface area contributed by atoms with Crippen molar-refractivity contribution >= 4 is 49.5 Å². The Morgan fingerprint density at radius 3 is 2.92 bits per heavy atom. The van der Waals surface area contributed by atoms with Gasteiger partial charge in [-0.15, -0.1) is 0 Å². The van der Waals surface area contributed by atoms with Crippen LogP contribution in [0.3, 0.4) is 0 Å². The Kier molecular flexibility index (Phi) is 2.42. The molecule has 2 aromatic rings. The van der Waals surface area contributed by atoms with Crippen LogP contribution in [-0.2, 0) is 0 Å². The Morgan fingerprint density at radius 2 is 2.15 bits per heavy atom. The summed E-state index contributed by atoms with van der Waals surface area (Å²) in [5.74, 6) is 0. The second kappa shape index (κ2) is 3.42. The van der Waals surface area contributed by atoms with E-state index in [1.807, 2.05) is 6.07 Å². The Balaban J connectivity index is 3.03. The van der Waals surface area contributed by atoms with Crippen LogP contribution in [0.2, 0.25) is 0 Å². The van der Waals surface area contributed by atoms with Gasteiger partial charge in [0.25, 0.3) is 0 Å². The first-order valence-electron chi connectivity index (χ1n) is 3.55. The molecule has 0 radical (unpaired) electrons. The molecule has 0 aliphatic rings. The van der Waals surface area contributed by atoms with Gasteiger partial charge in [-0.3, -0.25) is 4.79 Å². The number of benzene rings is 1. The number of hydrogen-bond donors (Lipinski definition) is 0. The summed E-state index contributed by atoms with van der Waals surface area (Å²) < 4.78 is 7.07. The first-order valence-corrected chi connectivity index (χ1v) is 5.42. The average molecular weight is 351 g/mol. The molecule has 0 fully saturated rings. The van der Waals surface area contributed by atoms with E-state index < -0.39 is 0 Å². The molecule has 0 unspecified atom stereocenters. The summed E-state index contributed by atoms with van der Waals surface area (Å²) in [6.07, 6.45) is 1.42. The molecule has 0 saturated heterocycles. The lowest BCUT2D eigenvalue weighted by molar-refractivity contribution is 0.600. The van der Waals surface area contributed by atoms with Crippen molar-refractivity contribution in [1.29, 1.82) is 0 Å². The molecule has 2 rings (SSSR count). The average Bonchev–Trinajstić information content (AvgIpc) is 2.07. The van der Waals surface area contributed by atoms with Gasteiger partial charge >= 0.3 is 0 Å². The van der Waals surface area contributed by atoms with Gasteiger partial charge in [0.1, 0.15) is 0 Å². The first kappa shape index (κ1) is 9.21. The van der Waals surface area contributed by atoms with Gasteiger partial charge in [0.15, 0.2) is 11.0 Å². The Labute approximate surface area is 96.2 Å². The number of fused-ring (bicyclic) bond motifs is 1. The maximum absolute atomic E-state index is 11.4. The van der Waals surface area contributed by atoms with Crippen LogP contribution in [0.25, 0.3) is 11.0 Å². The molecule has 0 saturated carbocycles. The molecule has 13 heavy (non-hydrogen) atoms. The predicted molar refractivity (Wildman–Crippen MR) is 62.9 cm³/mol. The molecule has 66 valence electrons. The van der Waals surface area contributed by atoms with Gasteiger partial charge in [0.05, 0.1) is 15.2 Å². The van der Waals surface area contributed by atoms with E-state index in [0.29, 0.717) is 11.0 Å². The third-order valence-electron chi connectivity index (χ3n) is 1.68. The van der Waals surface area contributed by atoms with Crippen LogP contribution >= 0.6 is 38.5 Å². The van der Waals surface area contributed by atoms with E-state index in [1.54, 1.807) is 6.07 Å². The summed E-state index contributed by atoms with van der Waals surface area (Å²) >= 11 is 5.47. The van der Waals surface area contributed by atoms with Crippen molar-refractivity contribution in [3.05, 3.63) is 42.7 Å². The van der Waals surface area contributed by atoms with Gasteiger partial charge in [-0.05, 0) is 34.7 Å². The highest BCUT2D eigenvalue weighted by Crippen LogP contribution is 2.23. The molecule has 2 nitrogen and oxygen atoms in total. The highest BCUT2D eigenvalue weighted by Gasteiger charge is 2.04. The summed E-state index contributed by atoms with van der Waals surface area (Å²) in [4.78, 5) is 11.4. The number of hydrogen-bond acceptors (Lipinski definition) is 2. The molecule has 0 aliphatic carbocycles. The molecule has 1 aromatic carbocycles. The van der Waals surface area contributed by atoms with E-state index in [2.05, 4.69) is 38.5 Å². The van der Waals surface area contributed by atoms with E-state index in [9.17, 15) is 4.79 Å². The monoisotopic (exact) mass is 350 g/mol. The zero-order valence-electron chi connectivity index (χ0n) is 6.38. The molecule has 0 atom stereocenters. The van der Waals surface area contributed by atoms with E-state index in [-0.39, 0.29) is 5.43 Å². The van der Waals surface area contributed by atoms with Gasteiger partial charge in [0.2, 0.25) is 0 Å². The van der Waals surface area contributed by atoms with Crippen LogP contribution in [-0.4, -0.2) is 0 Å². The molecule has 4 heteroatoms. The zero-order chi connectivity index (χ0) is 9.42. The van der Waals surface area contributed by atoms with Crippen molar-refractivity contribution in [2.45, 2.75) is 0 Å². The van der Waals surface area contributed by atoms with Crippen molar-refractivity contribution < 1.29 is 4.42 Å². The van der Waals surface area contributed by atoms with Crippen LogP contribution in [0.1, 0.15) is 0 Å². The molecular weight excluding hydrogens is 347 g/mol. The van der Waals surface area contributed by atoms with E-state index >= 15 is 0 Å². The molecule has 0 bridgehead atoms. The fourth-order valence-corrected chi connectivity index (χ4v) is 2.76. The first-order chi connectivity index (χ1) is 6.18. The maximum atomic E-state index is 11.4. The Hall–Kier alpha value is -0.360. The van der Waals surface area contributed by atoms with Gasteiger partial charge in [-0.25, -0.2) is 0 Å². The van der Waals surface area contributed by atoms with Crippen LogP contribution in [0.5, 0.6) is 0 Å². The Morgan fingerprint density at radius 1 is 1.38 bits per heavy atom. The van der Waals surface area contributed by atoms with Crippen molar-refractivity contribution in [2.24, 2.45) is 0 Å². The van der Waals surface area contributed by atoms with Crippen molar-refractivity contribution in [3.8, 4) is 0 Å². The maximum Gasteiger partial charge on any atom is 0.192 e. The van der Waals surface area contributed by atoms with Crippen LogP contribution in [0, 0.1) is 3.57 Å². The van der Waals surface area contributed by atoms with Crippen LogP contribution < -0.4 is 5.43 Å². The second-order valence-electron chi connectivity index (χ2n) is 2.55. The minimum Gasteiger partial charge on any atom is -0.463 e. The molecule has 0 amide bonds. The third-order valence-corrected chi connectivity index (χ3v) is 2.94. The van der Waals surface area contributed by atoms with Crippen LogP contribution in [0.4, 0.5) is 0 Å². The van der Waals surface area contributed by atoms with E-state index in [0.717, 1.165) is 8.04 Å². The molecule has 0 aliphatic heterocycles. The molecule has 1 aromatic heterocycles. The molecule has 1 heterocycles. The highest BCUT2D eigenvalue weighted by atomic mass is 127. The smallest absolute Gasteiger partial charge is 0.192 e. The largest absolute Gasteiger partial charge is 0.463 e. The van der Waals surface area contributed by atoms with E-state index in [1.165, 1.54) is 12.3 Å². The minimum atomic E-state index is -0.0135. The summed E-state index contributed by atoms with van der Waals surface area (Å²) in [5, 5.41) is 0.612. The predicted octanol–water partition coefficient (Wildman–Crippen LogP) is 3.16. The van der Waals surface area contributed by atoms with Crippen molar-refractivity contribution in [2.75, 3.05) is 0 Å². The van der Waals surface area contributed by atoms with Crippen molar-refractivity contribution in [1.82, 2.24) is 0 Å². The van der Waals surface area contributed by atoms with E-state index in [4.69, 9.17) is 4.42 Å². The summed E-state index contributed by atoms with van der Waals surface area (Å²) in [6, 6.07) is 5.10. The second-order valence-corrected chi connectivity index (χ2v) is 4.63. The molecular formula is C9H4BrIO2. The SMILES string of the molecule is O=c1ccoc2c(I)cc(Br)cc12. The summed E-state index contributed by atoms with van der Waals surface area (Å²) in [7, 11) is 0. The Bertz CT molecular complexity index is 518. The van der Waals surface area contributed by atoms with Crippen molar-refractivity contribution in [3.63, 3.8) is 0 Å².